The molecule has 0 aliphatic carbocycles. The molecule has 1 aromatic heterocycles. The van der Waals surface area contributed by atoms with Crippen molar-refractivity contribution < 1.29 is 4.79 Å². The van der Waals surface area contributed by atoms with Crippen LogP contribution in [0.2, 0.25) is 0 Å². The number of carbonyl (C=O) groups is 1. The number of hydrogen-bond donors (Lipinski definition) is 0. The molecule has 3 rings (SSSR count). The van der Waals surface area contributed by atoms with Crippen molar-refractivity contribution in [2.24, 2.45) is 0 Å². The number of carbonyl (C=O) groups excluding carboxylic acids is 1. The number of aromatic nitrogens is 2. The number of aryl methyl sites for hydroxylation is 1. The summed E-state index contributed by atoms with van der Waals surface area (Å²) in [6, 6.07) is 15.1. The lowest BCUT2D eigenvalue weighted by Crippen LogP contribution is -2.38. The van der Waals surface area contributed by atoms with Crippen LogP contribution in [0, 0.1) is 6.92 Å². The minimum atomic E-state index is -0.267. The third kappa shape index (κ3) is 5.09. The predicted octanol–water partition coefficient (Wildman–Crippen LogP) is 5.96. The maximum Gasteiger partial charge on any atom is 0.266 e. The first-order valence-electron chi connectivity index (χ1n) is 11.9. The van der Waals surface area contributed by atoms with Crippen molar-refractivity contribution in [2.45, 2.75) is 72.3 Å². The zero-order valence-electron chi connectivity index (χ0n) is 19.8. The second kappa shape index (κ2) is 11.1. The Balaban J connectivity index is 2.12. The molecule has 1 heterocycles. The van der Waals surface area contributed by atoms with Gasteiger partial charge in [-0.05, 0) is 56.5 Å². The highest BCUT2D eigenvalue weighted by Gasteiger charge is 2.27. The summed E-state index contributed by atoms with van der Waals surface area (Å²) in [7, 11) is 0. The lowest BCUT2D eigenvalue weighted by atomic mass is 10.1. The SMILES string of the molecule is CCCCCCC(=O)N(CC)[C@@H](CC)c1nc2ccccc2c(=O)n1-c1cccc(C)c1. The molecule has 32 heavy (non-hydrogen) atoms. The fourth-order valence-electron chi connectivity index (χ4n) is 4.35. The third-order valence-corrected chi connectivity index (χ3v) is 6.03. The van der Waals surface area contributed by atoms with Crippen LogP contribution >= 0.6 is 0 Å². The smallest absolute Gasteiger partial charge is 0.266 e. The van der Waals surface area contributed by atoms with Crippen LogP contribution in [-0.2, 0) is 4.79 Å². The average molecular weight is 434 g/mol. The first-order valence-corrected chi connectivity index (χ1v) is 11.9. The molecule has 0 radical (unpaired) electrons. The van der Waals surface area contributed by atoms with Crippen molar-refractivity contribution in [1.29, 1.82) is 0 Å². The minimum Gasteiger partial charge on any atom is -0.333 e. The van der Waals surface area contributed by atoms with Crippen LogP contribution < -0.4 is 5.56 Å². The Morgan fingerprint density at radius 3 is 2.50 bits per heavy atom. The van der Waals surface area contributed by atoms with E-state index in [1.165, 1.54) is 0 Å². The summed E-state index contributed by atoms with van der Waals surface area (Å²) in [5, 5.41) is 0.585. The van der Waals surface area contributed by atoms with Gasteiger partial charge in [0.15, 0.2) is 0 Å². The van der Waals surface area contributed by atoms with E-state index in [9.17, 15) is 9.59 Å². The van der Waals surface area contributed by atoms with Gasteiger partial charge in [-0.25, -0.2) is 4.98 Å². The molecule has 170 valence electrons. The Bertz CT molecular complexity index is 1120. The number of fused-ring (bicyclic) bond motifs is 1. The molecule has 0 spiro atoms. The molecule has 0 aliphatic rings. The van der Waals surface area contributed by atoms with Gasteiger partial charge in [-0.15, -0.1) is 0 Å². The van der Waals surface area contributed by atoms with Crippen LogP contribution in [0.4, 0.5) is 0 Å². The highest BCUT2D eigenvalue weighted by atomic mass is 16.2. The van der Waals surface area contributed by atoms with Crippen molar-refractivity contribution in [2.75, 3.05) is 6.54 Å². The summed E-state index contributed by atoms with van der Waals surface area (Å²) < 4.78 is 1.70. The molecule has 0 aliphatic heterocycles. The molecule has 0 saturated carbocycles. The van der Waals surface area contributed by atoms with Gasteiger partial charge in [0.1, 0.15) is 5.82 Å². The molecule has 0 unspecified atom stereocenters. The first-order chi connectivity index (χ1) is 15.5. The molecule has 5 heteroatoms. The van der Waals surface area contributed by atoms with Crippen molar-refractivity contribution >= 4 is 16.8 Å². The van der Waals surface area contributed by atoms with Crippen LogP contribution in [0.1, 0.15) is 76.7 Å². The van der Waals surface area contributed by atoms with E-state index in [-0.39, 0.29) is 17.5 Å². The van der Waals surface area contributed by atoms with E-state index in [0.29, 0.717) is 36.1 Å². The molecule has 3 aromatic rings. The number of amides is 1. The zero-order valence-corrected chi connectivity index (χ0v) is 19.8. The van der Waals surface area contributed by atoms with Gasteiger partial charge in [0.2, 0.25) is 5.91 Å². The number of hydrogen-bond acceptors (Lipinski definition) is 3. The fraction of sp³-hybridized carbons (Fsp3) is 0.444. The monoisotopic (exact) mass is 433 g/mol. The minimum absolute atomic E-state index is 0.0962. The summed E-state index contributed by atoms with van der Waals surface area (Å²) in [5.41, 5.74) is 2.43. The molecule has 1 amide bonds. The maximum absolute atomic E-state index is 13.6. The number of unbranched alkanes of at least 4 members (excludes halogenated alkanes) is 3. The van der Waals surface area contributed by atoms with Crippen LogP contribution in [-0.4, -0.2) is 26.9 Å². The molecule has 2 aromatic carbocycles. The lowest BCUT2D eigenvalue weighted by Gasteiger charge is -2.31. The zero-order chi connectivity index (χ0) is 23.1. The van der Waals surface area contributed by atoms with Crippen LogP contribution in [0.25, 0.3) is 16.6 Å². The van der Waals surface area contributed by atoms with Crippen LogP contribution in [0.5, 0.6) is 0 Å². The number of nitrogens with zero attached hydrogens (tertiary/aromatic N) is 3. The Morgan fingerprint density at radius 1 is 1.03 bits per heavy atom. The predicted molar refractivity (Wildman–Crippen MR) is 131 cm³/mol. The number of rotatable bonds is 10. The van der Waals surface area contributed by atoms with Crippen molar-refractivity contribution in [3.8, 4) is 5.69 Å². The molecule has 0 saturated heterocycles. The second-order valence-electron chi connectivity index (χ2n) is 8.38. The first kappa shape index (κ1) is 23.7. The molecular formula is C27H35N3O2. The lowest BCUT2D eigenvalue weighted by molar-refractivity contribution is -0.133. The van der Waals surface area contributed by atoms with Crippen LogP contribution in [0.3, 0.4) is 0 Å². The van der Waals surface area contributed by atoms with Crippen molar-refractivity contribution in [3.63, 3.8) is 0 Å². The molecule has 1 atom stereocenters. The maximum atomic E-state index is 13.6. The second-order valence-corrected chi connectivity index (χ2v) is 8.38. The Hall–Kier alpha value is -2.95. The van der Waals surface area contributed by atoms with Crippen LogP contribution in [0.15, 0.2) is 53.3 Å². The van der Waals surface area contributed by atoms with E-state index < -0.39 is 0 Å². The summed E-state index contributed by atoms with van der Waals surface area (Å²) in [5.74, 6) is 0.763. The topological polar surface area (TPSA) is 55.2 Å². The van der Waals surface area contributed by atoms with Gasteiger partial charge >= 0.3 is 0 Å². The average Bonchev–Trinajstić information content (AvgIpc) is 2.80. The van der Waals surface area contributed by atoms with Crippen molar-refractivity contribution in [1.82, 2.24) is 14.5 Å². The van der Waals surface area contributed by atoms with E-state index >= 15 is 0 Å². The molecule has 0 N–H and O–H groups in total. The third-order valence-electron chi connectivity index (χ3n) is 6.03. The van der Waals surface area contributed by atoms with Gasteiger partial charge in [-0.1, -0.05) is 57.4 Å². The fourth-order valence-corrected chi connectivity index (χ4v) is 4.35. The van der Waals surface area contributed by atoms with Gasteiger partial charge < -0.3 is 4.90 Å². The van der Waals surface area contributed by atoms with E-state index in [4.69, 9.17) is 4.98 Å². The highest BCUT2D eigenvalue weighted by molar-refractivity contribution is 5.79. The molecular weight excluding hydrogens is 398 g/mol. The number of para-hydroxylation sites is 1. The molecule has 0 bridgehead atoms. The van der Waals surface area contributed by atoms with E-state index in [1.807, 2.05) is 67.3 Å². The number of benzene rings is 2. The Morgan fingerprint density at radius 2 is 1.81 bits per heavy atom. The molecule has 5 nitrogen and oxygen atoms in total. The summed E-state index contributed by atoms with van der Waals surface area (Å²) in [4.78, 5) is 33.6. The van der Waals surface area contributed by atoms with Gasteiger partial charge in [0.05, 0.1) is 22.6 Å². The Labute approximate surface area is 191 Å². The van der Waals surface area contributed by atoms with Gasteiger partial charge in [0, 0.05) is 13.0 Å². The van der Waals surface area contributed by atoms with E-state index in [1.54, 1.807) is 4.57 Å². The quantitative estimate of drug-likeness (QED) is 0.370. The van der Waals surface area contributed by atoms with Crippen molar-refractivity contribution in [3.05, 3.63) is 70.3 Å². The van der Waals surface area contributed by atoms with E-state index in [0.717, 1.165) is 36.9 Å². The normalized spacial score (nSPS) is 12.1. The van der Waals surface area contributed by atoms with Gasteiger partial charge in [-0.3, -0.25) is 14.2 Å². The van der Waals surface area contributed by atoms with Gasteiger partial charge in [-0.2, -0.15) is 0 Å². The molecule has 0 fully saturated rings. The summed E-state index contributed by atoms with van der Waals surface area (Å²) >= 11 is 0. The standard InChI is InChI=1S/C27H35N3O2/c1-5-8-9-10-18-25(31)29(7-3)24(6-2)26-28-23-17-12-11-16-22(23)27(32)30(26)21-15-13-14-20(4)19-21/h11-17,19,24H,5-10,18H2,1-4H3/t24-/m0/s1. The summed E-state index contributed by atoms with van der Waals surface area (Å²) in [6.07, 6.45) is 5.48. The Kier molecular flexibility index (Phi) is 8.20. The van der Waals surface area contributed by atoms with E-state index in [2.05, 4.69) is 13.8 Å². The summed E-state index contributed by atoms with van der Waals surface area (Å²) in [6.45, 7) is 8.82. The largest absolute Gasteiger partial charge is 0.333 e. The highest BCUT2D eigenvalue weighted by Crippen LogP contribution is 2.27. The van der Waals surface area contributed by atoms with Gasteiger partial charge in [0.25, 0.3) is 5.56 Å².